The van der Waals surface area contributed by atoms with Gasteiger partial charge < -0.3 is 10.1 Å². The molecule has 0 aliphatic carbocycles. The second kappa shape index (κ2) is 7.04. The van der Waals surface area contributed by atoms with Crippen molar-refractivity contribution in [3.05, 3.63) is 30.3 Å². The van der Waals surface area contributed by atoms with Crippen LogP contribution in [0.25, 0.3) is 0 Å². The molecule has 0 amide bonds. The molecule has 1 fully saturated rings. The van der Waals surface area contributed by atoms with Gasteiger partial charge in [-0.25, -0.2) is 0 Å². The fraction of sp³-hybridized carbons (Fsp3) is 0.571. The normalized spacial score (nSPS) is 21.6. The molecule has 2 atom stereocenters. The predicted octanol–water partition coefficient (Wildman–Crippen LogP) is 2.79. The minimum absolute atomic E-state index is 0.578. The number of thioether (sulfide) groups is 1. The Balaban J connectivity index is 1.59. The molecule has 1 N–H and O–H groups in total. The summed E-state index contributed by atoms with van der Waals surface area (Å²) in [5.41, 5.74) is 0. The van der Waals surface area contributed by atoms with E-state index in [0.29, 0.717) is 12.0 Å². The summed E-state index contributed by atoms with van der Waals surface area (Å²) >= 11 is 1.91. The van der Waals surface area contributed by atoms with Crippen LogP contribution in [0.3, 0.4) is 0 Å². The van der Waals surface area contributed by atoms with E-state index in [0.717, 1.165) is 25.5 Å². The molecule has 1 aliphatic rings. The lowest BCUT2D eigenvalue weighted by molar-refractivity contribution is 0.178. The van der Waals surface area contributed by atoms with E-state index in [-0.39, 0.29) is 0 Å². The highest BCUT2D eigenvalue weighted by Crippen LogP contribution is 2.18. The minimum atomic E-state index is 0.578. The third-order valence-electron chi connectivity index (χ3n) is 3.25. The Labute approximate surface area is 108 Å². The van der Waals surface area contributed by atoms with Crippen LogP contribution < -0.4 is 5.32 Å². The Bertz CT molecular complexity index is 311. The number of hydrogen-bond acceptors (Lipinski definition) is 3. The van der Waals surface area contributed by atoms with Crippen LogP contribution in [0.4, 0.5) is 0 Å². The van der Waals surface area contributed by atoms with Crippen LogP contribution in [0.15, 0.2) is 35.2 Å². The molecule has 0 bridgehead atoms. The summed E-state index contributed by atoms with van der Waals surface area (Å²) in [6.45, 7) is 5.21. The molecule has 1 aliphatic heterocycles. The molecule has 0 radical (unpaired) electrons. The molecule has 0 spiro atoms. The number of hydrogen-bond donors (Lipinski definition) is 1. The summed E-state index contributed by atoms with van der Waals surface area (Å²) in [6.07, 6.45) is 1.21. The van der Waals surface area contributed by atoms with E-state index < -0.39 is 0 Å². The molecule has 1 aromatic rings. The third kappa shape index (κ3) is 4.34. The number of rotatable bonds is 6. The van der Waals surface area contributed by atoms with Gasteiger partial charge in [0.05, 0.1) is 6.61 Å². The zero-order chi connectivity index (χ0) is 11.9. The van der Waals surface area contributed by atoms with Gasteiger partial charge in [-0.15, -0.1) is 11.8 Å². The van der Waals surface area contributed by atoms with E-state index in [4.69, 9.17) is 4.74 Å². The fourth-order valence-corrected chi connectivity index (χ4v) is 2.89. The van der Waals surface area contributed by atoms with Crippen LogP contribution >= 0.6 is 11.8 Å². The molecular formula is C14H21NOS. The van der Waals surface area contributed by atoms with Gasteiger partial charge in [-0.05, 0) is 31.4 Å². The molecule has 0 saturated carbocycles. The van der Waals surface area contributed by atoms with Crippen molar-refractivity contribution in [1.82, 2.24) is 5.32 Å². The van der Waals surface area contributed by atoms with E-state index in [1.807, 2.05) is 11.8 Å². The average molecular weight is 251 g/mol. The van der Waals surface area contributed by atoms with Crippen molar-refractivity contribution in [2.75, 3.05) is 25.5 Å². The molecule has 2 unspecified atom stereocenters. The van der Waals surface area contributed by atoms with Crippen molar-refractivity contribution in [2.24, 2.45) is 5.92 Å². The van der Waals surface area contributed by atoms with Crippen LogP contribution in [0.5, 0.6) is 0 Å². The lowest BCUT2D eigenvalue weighted by Gasteiger charge is -2.18. The molecular weight excluding hydrogens is 230 g/mol. The van der Waals surface area contributed by atoms with Gasteiger partial charge in [0.1, 0.15) is 0 Å². The summed E-state index contributed by atoms with van der Waals surface area (Å²) in [5, 5.41) is 3.59. The first kappa shape index (κ1) is 12.9. The maximum absolute atomic E-state index is 5.41. The van der Waals surface area contributed by atoms with Crippen LogP contribution in [0.2, 0.25) is 0 Å². The van der Waals surface area contributed by atoms with Gasteiger partial charge in [-0.1, -0.05) is 18.2 Å². The lowest BCUT2D eigenvalue weighted by atomic mass is 10.0. The highest BCUT2D eigenvalue weighted by molar-refractivity contribution is 7.99. The molecule has 1 aromatic carbocycles. The minimum Gasteiger partial charge on any atom is -0.381 e. The maximum atomic E-state index is 5.41. The van der Waals surface area contributed by atoms with E-state index in [2.05, 4.69) is 42.6 Å². The maximum Gasteiger partial charge on any atom is 0.0509 e. The quantitative estimate of drug-likeness (QED) is 0.620. The largest absolute Gasteiger partial charge is 0.381 e. The number of nitrogens with one attached hydrogen (secondary N) is 1. The van der Waals surface area contributed by atoms with Gasteiger partial charge in [0.15, 0.2) is 0 Å². The van der Waals surface area contributed by atoms with Gasteiger partial charge in [0, 0.05) is 29.8 Å². The van der Waals surface area contributed by atoms with Gasteiger partial charge in [0.25, 0.3) is 0 Å². The zero-order valence-electron chi connectivity index (χ0n) is 10.4. The number of benzene rings is 1. The first-order chi connectivity index (χ1) is 8.36. The highest BCUT2D eigenvalue weighted by Gasteiger charge is 2.21. The SMILES string of the molecule is CC(NCCSc1ccccc1)C1CCOC1. The van der Waals surface area contributed by atoms with Gasteiger partial charge in [-0.3, -0.25) is 0 Å². The fourth-order valence-electron chi connectivity index (χ4n) is 2.09. The van der Waals surface area contributed by atoms with Gasteiger partial charge in [0.2, 0.25) is 0 Å². The van der Waals surface area contributed by atoms with Gasteiger partial charge in [-0.2, -0.15) is 0 Å². The topological polar surface area (TPSA) is 21.3 Å². The second-order valence-electron chi connectivity index (χ2n) is 4.53. The second-order valence-corrected chi connectivity index (χ2v) is 5.70. The van der Waals surface area contributed by atoms with Crippen LogP contribution in [-0.2, 0) is 4.74 Å². The summed E-state index contributed by atoms with van der Waals surface area (Å²) in [4.78, 5) is 1.35. The standard InChI is InChI=1S/C14H21NOS/c1-12(13-7-9-16-11-13)15-8-10-17-14-5-3-2-4-6-14/h2-6,12-13,15H,7-11H2,1H3. The molecule has 94 valence electrons. The highest BCUT2D eigenvalue weighted by atomic mass is 32.2. The van der Waals surface area contributed by atoms with Crippen molar-refractivity contribution < 1.29 is 4.74 Å². The van der Waals surface area contributed by atoms with Crippen molar-refractivity contribution in [2.45, 2.75) is 24.3 Å². The molecule has 3 heteroatoms. The third-order valence-corrected chi connectivity index (χ3v) is 4.27. The van der Waals surface area contributed by atoms with Gasteiger partial charge >= 0.3 is 0 Å². The molecule has 17 heavy (non-hydrogen) atoms. The predicted molar refractivity (Wildman–Crippen MR) is 73.6 cm³/mol. The van der Waals surface area contributed by atoms with Crippen LogP contribution in [0, 0.1) is 5.92 Å². The summed E-state index contributed by atoms with van der Waals surface area (Å²) in [7, 11) is 0. The Kier molecular flexibility index (Phi) is 5.36. The first-order valence-corrected chi connectivity index (χ1v) is 7.34. The van der Waals surface area contributed by atoms with Crippen molar-refractivity contribution in [3.63, 3.8) is 0 Å². The summed E-state index contributed by atoms with van der Waals surface area (Å²) in [6, 6.07) is 11.2. The van der Waals surface area contributed by atoms with E-state index in [1.54, 1.807) is 0 Å². The average Bonchev–Trinajstić information content (AvgIpc) is 2.89. The Morgan fingerprint density at radius 3 is 2.94 bits per heavy atom. The smallest absolute Gasteiger partial charge is 0.0509 e. The first-order valence-electron chi connectivity index (χ1n) is 6.35. The van der Waals surface area contributed by atoms with Crippen molar-refractivity contribution in [3.8, 4) is 0 Å². The Morgan fingerprint density at radius 1 is 1.41 bits per heavy atom. The molecule has 1 heterocycles. The Morgan fingerprint density at radius 2 is 2.24 bits per heavy atom. The van der Waals surface area contributed by atoms with Crippen LogP contribution in [0.1, 0.15) is 13.3 Å². The monoisotopic (exact) mass is 251 g/mol. The zero-order valence-corrected chi connectivity index (χ0v) is 11.2. The molecule has 2 nitrogen and oxygen atoms in total. The number of ether oxygens (including phenoxy) is 1. The van der Waals surface area contributed by atoms with E-state index in [1.165, 1.54) is 11.3 Å². The van der Waals surface area contributed by atoms with E-state index >= 15 is 0 Å². The molecule has 1 saturated heterocycles. The summed E-state index contributed by atoms with van der Waals surface area (Å²) < 4.78 is 5.41. The molecule has 0 aromatic heterocycles. The molecule has 2 rings (SSSR count). The van der Waals surface area contributed by atoms with Crippen molar-refractivity contribution in [1.29, 1.82) is 0 Å². The van der Waals surface area contributed by atoms with Crippen LogP contribution in [-0.4, -0.2) is 31.6 Å². The van der Waals surface area contributed by atoms with E-state index in [9.17, 15) is 0 Å². The Hall–Kier alpha value is -0.510. The lowest BCUT2D eigenvalue weighted by Crippen LogP contribution is -2.35. The van der Waals surface area contributed by atoms with Crippen molar-refractivity contribution >= 4 is 11.8 Å². The summed E-state index contributed by atoms with van der Waals surface area (Å²) in [5.74, 6) is 1.83.